The molecule has 0 aromatic heterocycles. The van der Waals surface area contributed by atoms with Gasteiger partial charge in [0.2, 0.25) is 5.91 Å². The fourth-order valence-electron chi connectivity index (χ4n) is 11.4. The molecule has 0 radical (unpaired) electrons. The second kappa shape index (κ2) is 71.3. The van der Waals surface area contributed by atoms with Crippen molar-refractivity contribution in [2.75, 3.05) is 13.2 Å². The second-order valence-corrected chi connectivity index (χ2v) is 25.3. The number of nitrogens with one attached hydrogen (secondary N) is 1. The van der Waals surface area contributed by atoms with Gasteiger partial charge in [-0.05, 0) is 89.9 Å². The van der Waals surface area contributed by atoms with Crippen LogP contribution in [0.2, 0.25) is 0 Å². The number of allylic oxidation sites excluding steroid dienone is 7. The lowest BCUT2D eigenvalue weighted by Crippen LogP contribution is -2.45. The Morgan fingerprint density at radius 1 is 0.341 bits per heavy atom. The van der Waals surface area contributed by atoms with Gasteiger partial charge in [-0.25, -0.2) is 0 Å². The highest BCUT2D eigenvalue weighted by molar-refractivity contribution is 5.76. The van der Waals surface area contributed by atoms with E-state index in [4.69, 9.17) is 4.74 Å². The molecule has 0 bridgehead atoms. The highest BCUT2D eigenvalue weighted by atomic mass is 16.5. The summed E-state index contributed by atoms with van der Waals surface area (Å²) in [6, 6.07) is -0.638. The molecule has 6 heteroatoms. The monoisotopic (exact) mass is 1150 g/mol. The minimum Gasteiger partial charge on any atom is -0.466 e. The second-order valence-electron chi connectivity index (χ2n) is 25.3. The smallest absolute Gasteiger partial charge is 0.305 e. The van der Waals surface area contributed by atoms with E-state index in [1.807, 2.05) is 6.08 Å². The first kappa shape index (κ1) is 79.8. The van der Waals surface area contributed by atoms with Crippen LogP contribution in [0.3, 0.4) is 0 Å². The molecule has 82 heavy (non-hydrogen) atoms. The third kappa shape index (κ3) is 67.0. The molecule has 2 unspecified atom stereocenters. The minimum absolute atomic E-state index is 0.00658. The molecule has 0 aromatic rings. The van der Waals surface area contributed by atoms with Crippen molar-refractivity contribution >= 4 is 11.9 Å². The van der Waals surface area contributed by atoms with Crippen LogP contribution in [0.5, 0.6) is 0 Å². The van der Waals surface area contributed by atoms with Crippen molar-refractivity contribution in [3.63, 3.8) is 0 Å². The molecule has 0 aliphatic heterocycles. The molecule has 0 spiro atoms. The SMILES string of the molecule is CCCCCCCC/C=C\CCCCCCCCCCCC(=O)OCCCCCCCCCCC/C=C\C/C=C\CCCCCCCCCC(=O)NC(CO)C(O)/C=C/CCCCCCCCCCCCCCCCCCCCCCC. The summed E-state index contributed by atoms with van der Waals surface area (Å²) in [6.07, 6.45) is 93.4. The third-order valence-electron chi connectivity index (χ3n) is 17.1. The average molecular weight is 1150 g/mol. The molecule has 0 saturated heterocycles. The van der Waals surface area contributed by atoms with Crippen molar-refractivity contribution in [2.24, 2.45) is 0 Å². The summed E-state index contributed by atoms with van der Waals surface area (Å²) in [4.78, 5) is 24.6. The highest BCUT2D eigenvalue weighted by Gasteiger charge is 2.18. The number of aliphatic hydroxyl groups is 2. The van der Waals surface area contributed by atoms with Gasteiger partial charge in [0, 0.05) is 12.8 Å². The van der Waals surface area contributed by atoms with Gasteiger partial charge in [-0.1, -0.05) is 345 Å². The standard InChI is InChI=1S/C76H143NO5/c1-3-5-7-9-11-13-15-17-19-21-23-24-26-29-33-36-40-44-48-52-56-60-64-68-74(79)73(72-78)77-75(80)69-65-61-57-53-49-45-41-37-34-30-27-25-28-31-35-39-43-47-51-55-59-63-67-71-82-76(81)70-66-62-58-54-50-46-42-38-32-22-20-18-16-14-12-10-8-6-4-2/h18,20,25,28,30,34,64,68,73-74,78-79H,3-17,19,21-24,26-27,29,31-33,35-63,65-67,69-72H2,1-2H3,(H,77,80)/b20-18-,28-25-,34-30-,68-64+. The van der Waals surface area contributed by atoms with Crippen LogP contribution in [0.15, 0.2) is 48.6 Å². The molecule has 6 nitrogen and oxygen atoms in total. The summed E-state index contributed by atoms with van der Waals surface area (Å²) >= 11 is 0. The Morgan fingerprint density at radius 3 is 0.939 bits per heavy atom. The number of hydrogen-bond donors (Lipinski definition) is 3. The van der Waals surface area contributed by atoms with Crippen molar-refractivity contribution in [1.29, 1.82) is 0 Å². The first-order valence-corrected chi connectivity index (χ1v) is 36.9. The van der Waals surface area contributed by atoms with Crippen LogP contribution in [0.4, 0.5) is 0 Å². The van der Waals surface area contributed by atoms with Gasteiger partial charge in [0.05, 0.1) is 25.4 Å². The van der Waals surface area contributed by atoms with Gasteiger partial charge in [0.15, 0.2) is 0 Å². The molecular formula is C76H143NO5. The van der Waals surface area contributed by atoms with Gasteiger partial charge in [-0.2, -0.15) is 0 Å². The molecule has 0 aromatic carbocycles. The van der Waals surface area contributed by atoms with Crippen molar-refractivity contribution in [3.05, 3.63) is 48.6 Å². The Kier molecular flexibility index (Phi) is 69.4. The highest BCUT2D eigenvalue weighted by Crippen LogP contribution is 2.18. The fourth-order valence-corrected chi connectivity index (χ4v) is 11.4. The lowest BCUT2D eigenvalue weighted by Gasteiger charge is -2.20. The predicted octanol–water partition coefficient (Wildman–Crippen LogP) is 24.0. The van der Waals surface area contributed by atoms with Gasteiger partial charge >= 0.3 is 5.97 Å². The van der Waals surface area contributed by atoms with Gasteiger partial charge < -0.3 is 20.3 Å². The predicted molar refractivity (Wildman–Crippen MR) is 361 cm³/mol. The van der Waals surface area contributed by atoms with E-state index in [0.717, 1.165) is 64.2 Å². The zero-order valence-electron chi connectivity index (χ0n) is 55.2. The topological polar surface area (TPSA) is 95.9 Å². The lowest BCUT2D eigenvalue weighted by molar-refractivity contribution is -0.143. The first-order valence-electron chi connectivity index (χ1n) is 36.9. The van der Waals surface area contributed by atoms with E-state index < -0.39 is 12.1 Å². The summed E-state index contributed by atoms with van der Waals surface area (Å²) in [5.41, 5.74) is 0. The zero-order valence-corrected chi connectivity index (χ0v) is 55.2. The third-order valence-corrected chi connectivity index (χ3v) is 17.1. The maximum absolute atomic E-state index is 12.5. The Balaban J connectivity index is 3.46. The number of amides is 1. The van der Waals surface area contributed by atoms with E-state index >= 15 is 0 Å². The van der Waals surface area contributed by atoms with Crippen LogP contribution in [-0.2, 0) is 14.3 Å². The van der Waals surface area contributed by atoms with Gasteiger partial charge in [-0.15, -0.1) is 0 Å². The Morgan fingerprint density at radius 2 is 0.610 bits per heavy atom. The quantitative estimate of drug-likeness (QED) is 0.0320. The summed E-state index contributed by atoms with van der Waals surface area (Å²) in [5.74, 6) is -0.0684. The number of unbranched alkanes of at least 4 members (excludes halogenated alkanes) is 52. The maximum atomic E-state index is 12.5. The Bertz CT molecular complexity index is 1370. The van der Waals surface area contributed by atoms with Crippen molar-refractivity contribution < 1.29 is 24.5 Å². The number of ether oxygens (including phenoxy) is 1. The van der Waals surface area contributed by atoms with E-state index in [2.05, 4.69) is 55.6 Å². The van der Waals surface area contributed by atoms with Crippen LogP contribution in [0.1, 0.15) is 399 Å². The summed E-state index contributed by atoms with van der Waals surface area (Å²) in [5, 5.41) is 23.3. The van der Waals surface area contributed by atoms with E-state index in [9.17, 15) is 19.8 Å². The summed E-state index contributed by atoms with van der Waals surface area (Å²) in [7, 11) is 0. The Labute approximate surface area is 512 Å². The molecule has 3 N–H and O–H groups in total. The lowest BCUT2D eigenvalue weighted by atomic mass is 10.0. The van der Waals surface area contributed by atoms with Crippen LogP contribution in [0.25, 0.3) is 0 Å². The molecule has 0 rings (SSSR count). The van der Waals surface area contributed by atoms with E-state index in [-0.39, 0.29) is 18.5 Å². The van der Waals surface area contributed by atoms with Gasteiger partial charge in [0.25, 0.3) is 0 Å². The molecule has 482 valence electrons. The first-order chi connectivity index (χ1) is 40.5. The largest absolute Gasteiger partial charge is 0.466 e. The molecule has 0 aliphatic rings. The molecule has 0 saturated carbocycles. The van der Waals surface area contributed by atoms with Crippen LogP contribution in [0, 0.1) is 0 Å². The Hall–Kier alpha value is -2.18. The number of aliphatic hydroxyl groups excluding tert-OH is 2. The van der Waals surface area contributed by atoms with Gasteiger partial charge in [0.1, 0.15) is 0 Å². The van der Waals surface area contributed by atoms with E-state index in [1.165, 1.54) is 308 Å². The van der Waals surface area contributed by atoms with Gasteiger partial charge in [-0.3, -0.25) is 9.59 Å². The molecular weight excluding hydrogens is 1010 g/mol. The van der Waals surface area contributed by atoms with Crippen molar-refractivity contribution in [3.8, 4) is 0 Å². The molecule has 0 fully saturated rings. The van der Waals surface area contributed by atoms with Crippen molar-refractivity contribution in [1.82, 2.24) is 5.32 Å². The van der Waals surface area contributed by atoms with Crippen molar-refractivity contribution in [2.45, 2.75) is 411 Å². The van der Waals surface area contributed by atoms with E-state index in [1.54, 1.807) is 6.08 Å². The normalized spacial score (nSPS) is 12.8. The zero-order chi connectivity index (χ0) is 59.2. The molecule has 1 amide bonds. The number of carbonyl (C=O) groups excluding carboxylic acids is 2. The number of hydrogen-bond acceptors (Lipinski definition) is 5. The average Bonchev–Trinajstić information content (AvgIpc) is 3.48. The molecule has 0 heterocycles. The minimum atomic E-state index is -0.854. The fraction of sp³-hybridized carbons (Fsp3) is 0.868. The van der Waals surface area contributed by atoms with Crippen LogP contribution in [-0.4, -0.2) is 47.4 Å². The van der Waals surface area contributed by atoms with Crippen LogP contribution < -0.4 is 5.32 Å². The number of rotatable bonds is 69. The number of esters is 1. The molecule has 0 aliphatic carbocycles. The number of carbonyl (C=O) groups is 2. The summed E-state index contributed by atoms with van der Waals surface area (Å²) < 4.78 is 5.50. The van der Waals surface area contributed by atoms with Crippen LogP contribution >= 0.6 is 0 Å². The van der Waals surface area contributed by atoms with E-state index in [0.29, 0.717) is 19.4 Å². The summed E-state index contributed by atoms with van der Waals surface area (Å²) in [6.45, 7) is 4.92. The maximum Gasteiger partial charge on any atom is 0.305 e. The molecule has 2 atom stereocenters.